The Labute approximate surface area is 139 Å². The van der Waals surface area contributed by atoms with Crippen molar-refractivity contribution in [3.63, 3.8) is 0 Å². The highest BCUT2D eigenvalue weighted by atomic mass is 16.7. The molecule has 0 spiro atoms. The molecule has 6 heteroatoms. The molecule has 126 valence electrons. The highest BCUT2D eigenvalue weighted by molar-refractivity contribution is 5.66. The summed E-state index contributed by atoms with van der Waals surface area (Å²) in [5.74, 6) is 1.24. The van der Waals surface area contributed by atoms with E-state index in [1.807, 2.05) is 24.3 Å². The number of fused-ring (bicyclic) bond motifs is 2. The van der Waals surface area contributed by atoms with Gasteiger partial charge in [0.15, 0.2) is 11.5 Å². The molecule has 0 aromatic heterocycles. The molecule has 3 aliphatic heterocycles. The molecule has 4 aliphatic rings. The molecule has 1 fully saturated rings. The lowest BCUT2D eigenvalue weighted by Gasteiger charge is -2.46. The topological polar surface area (TPSA) is 68.2 Å². The van der Waals surface area contributed by atoms with Gasteiger partial charge in [0.25, 0.3) is 0 Å². The van der Waals surface area contributed by atoms with Crippen molar-refractivity contribution >= 4 is 5.97 Å². The molecule has 1 aromatic carbocycles. The smallest absolute Gasteiger partial charge is 0.303 e. The Balaban J connectivity index is 1.63. The Morgan fingerprint density at radius 3 is 2.96 bits per heavy atom. The van der Waals surface area contributed by atoms with Crippen LogP contribution in [0.3, 0.4) is 0 Å². The Morgan fingerprint density at radius 1 is 1.38 bits per heavy atom. The summed E-state index contributed by atoms with van der Waals surface area (Å²) in [6.45, 7) is 3.04. The first-order valence-electron chi connectivity index (χ1n) is 8.29. The number of ether oxygens (including phenoxy) is 3. The fourth-order valence-electron chi connectivity index (χ4n) is 4.82. The minimum absolute atomic E-state index is 0.120. The molecule has 1 N–H and O–H groups in total. The van der Waals surface area contributed by atoms with E-state index in [0.717, 1.165) is 23.6 Å². The van der Waals surface area contributed by atoms with Gasteiger partial charge >= 0.3 is 5.97 Å². The first-order valence-corrected chi connectivity index (χ1v) is 8.29. The number of carbonyl (C=O) groups is 1. The normalized spacial score (nSPS) is 37.8. The average Bonchev–Trinajstić information content (AvgIpc) is 3.06. The van der Waals surface area contributed by atoms with E-state index in [2.05, 4.69) is 4.90 Å². The van der Waals surface area contributed by atoms with Gasteiger partial charge < -0.3 is 19.3 Å². The second-order valence-corrected chi connectivity index (χ2v) is 7.00. The van der Waals surface area contributed by atoms with E-state index in [-0.39, 0.29) is 24.9 Å². The highest BCUT2D eigenvalue weighted by Crippen LogP contribution is 2.53. The van der Waals surface area contributed by atoms with Gasteiger partial charge in [-0.2, -0.15) is 0 Å². The second kappa shape index (κ2) is 4.74. The SMILES string of the molecule is CC(=O)O[C@@H]1C=C[C@]23c4cc5c(cc4CN(C[C@@H]2O)[C@@H]3C1)OCO5. The number of aliphatic hydroxyl groups excluding tert-OH is 1. The molecule has 2 bridgehead atoms. The second-order valence-electron chi connectivity index (χ2n) is 7.00. The molecule has 1 unspecified atom stereocenters. The van der Waals surface area contributed by atoms with Crippen LogP contribution in [0, 0.1) is 0 Å². The van der Waals surface area contributed by atoms with E-state index in [0.29, 0.717) is 13.0 Å². The summed E-state index contributed by atoms with van der Waals surface area (Å²) in [5.41, 5.74) is 1.81. The van der Waals surface area contributed by atoms with Gasteiger partial charge in [0.1, 0.15) is 6.10 Å². The summed E-state index contributed by atoms with van der Waals surface area (Å²) in [4.78, 5) is 13.6. The number of benzene rings is 1. The number of hydrogen-bond donors (Lipinski definition) is 1. The van der Waals surface area contributed by atoms with Crippen LogP contribution in [0.15, 0.2) is 24.3 Å². The van der Waals surface area contributed by atoms with Crippen LogP contribution in [-0.4, -0.2) is 47.6 Å². The molecule has 6 nitrogen and oxygen atoms in total. The zero-order valence-electron chi connectivity index (χ0n) is 13.4. The minimum Gasteiger partial charge on any atom is -0.458 e. The van der Waals surface area contributed by atoms with Crippen LogP contribution in [0.4, 0.5) is 0 Å². The van der Waals surface area contributed by atoms with Crippen LogP contribution >= 0.6 is 0 Å². The van der Waals surface area contributed by atoms with Crippen molar-refractivity contribution in [3.05, 3.63) is 35.4 Å². The summed E-state index contributed by atoms with van der Waals surface area (Å²) in [6, 6.07) is 4.18. The van der Waals surface area contributed by atoms with Crippen LogP contribution in [0.1, 0.15) is 24.5 Å². The quantitative estimate of drug-likeness (QED) is 0.615. The van der Waals surface area contributed by atoms with Crippen molar-refractivity contribution in [2.75, 3.05) is 13.3 Å². The fraction of sp³-hybridized carbons (Fsp3) is 0.500. The molecule has 5 rings (SSSR count). The molecule has 1 aliphatic carbocycles. The molecular weight excluding hydrogens is 310 g/mol. The van der Waals surface area contributed by atoms with E-state index in [4.69, 9.17) is 14.2 Å². The maximum Gasteiger partial charge on any atom is 0.303 e. The van der Waals surface area contributed by atoms with E-state index in [1.165, 1.54) is 12.5 Å². The van der Waals surface area contributed by atoms with E-state index in [9.17, 15) is 9.90 Å². The fourth-order valence-corrected chi connectivity index (χ4v) is 4.82. The first-order chi connectivity index (χ1) is 11.6. The Bertz CT molecular complexity index is 760. The summed E-state index contributed by atoms with van der Waals surface area (Å²) >= 11 is 0. The number of aliphatic hydroxyl groups is 1. The maximum absolute atomic E-state index is 11.3. The zero-order valence-corrected chi connectivity index (χ0v) is 13.4. The minimum atomic E-state index is -0.487. The van der Waals surface area contributed by atoms with Gasteiger partial charge in [0.2, 0.25) is 6.79 Å². The van der Waals surface area contributed by atoms with Crippen molar-refractivity contribution < 1.29 is 24.1 Å². The number of rotatable bonds is 1. The predicted molar refractivity (Wildman–Crippen MR) is 83.8 cm³/mol. The molecule has 1 saturated heterocycles. The third kappa shape index (κ3) is 1.75. The summed E-state index contributed by atoms with van der Waals surface area (Å²) < 4.78 is 16.4. The van der Waals surface area contributed by atoms with Crippen LogP contribution in [0.25, 0.3) is 0 Å². The summed E-state index contributed by atoms with van der Waals surface area (Å²) in [6.07, 6.45) is 3.94. The summed E-state index contributed by atoms with van der Waals surface area (Å²) in [7, 11) is 0. The first kappa shape index (κ1) is 14.3. The highest BCUT2D eigenvalue weighted by Gasteiger charge is 2.58. The Kier molecular flexibility index (Phi) is 2.82. The van der Waals surface area contributed by atoms with Crippen molar-refractivity contribution in [1.29, 1.82) is 0 Å². The number of carbonyl (C=O) groups excluding carboxylic acids is 1. The molecule has 5 atom stereocenters. The van der Waals surface area contributed by atoms with Gasteiger partial charge in [-0.1, -0.05) is 6.08 Å². The van der Waals surface area contributed by atoms with Gasteiger partial charge in [-0.3, -0.25) is 9.69 Å². The lowest BCUT2D eigenvalue weighted by Crippen LogP contribution is -2.52. The molecule has 3 heterocycles. The average molecular weight is 329 g/mol. The molecule has 1 aromatic rings. The molecule has 0 saturated carbocycles. The lowest BCUT2D eigenvalue weighted by molar-refractivity contribution is -0.145. The monoisotopic (exact) mass is 329 g/mol. The molecular formula is C18H19NO5. The van der Waals surface area contributed by atoms with Gasteiger partial charge in [0, 0.05) is 32.5 Å². The predicted octanol–water partition coefficient (Wildman–Crippen LogP) is 1.10. The van der Waals surface area contributed by atoms with Crippen LogP contribution in [0.2, 0.25) is 0 Å². The van der Waals surface area contributed by atoms with Crippen molar-refractivity contribution in [2.45, 2.75) is 43.6 Å². The molecule has 0 radical (unpaired) electrons. The van der Waals surface area contributed by atoms with Gasteiger partial charge in [-0.05, 0) is 29.3 Å². The number of hydrogen-bond acceptors (Lipinski definition) is 6. The Hall–Kier alpha value is -2.05. The van der Waals surface area contributed by atoms with Gasteiger partial charge in [-0.15, -0.1) is 0 Å². The lowest BCUT2D eigenvalue weighted by atomic mass is 9.65. The van der Waals surface area contributed by atoms with E-state index >= 15 is 0 Å². The van der Waals surface area contributed by atoms with Gasteiger partial charge in [-0.25, -0.2) is 0 Å². The number of nitrogens with zero attached hydrogens (tertiary/aromatic N) is 1. The standard InChI is InChI=1S/C18H19NO5/c1-10(20)24-12-2-3-18-13-6-15-14(22-9-23-15)4-11(13)7-19(8-17(18)21)16(18)5-12/h2-4,6,12,16-17,21H,5,7-9H2,1H3/t12-,16-,17+,18-/m1/s1. The van der Waals surface area contributed by atoms with E-state index < -0.39 is 11.5 Å². The zero-order chi connectivity index (χ0) is 16.5. The summed E-state index contributed by atoms with van der Waals surface area (Å²) in [5, 5.41) is 10.9. The number of esters is 1. The third-order valence-electron chi connectivity index (χ3n) is 5.75. The largest absolute Gasteiger partial charge is 0.458 e. The van der Waals surface area contributed by atoms with Crippen LogP contribution in [-0.2, 0) is 21.5 Å². The van der Waals surface area contributed by atoms with E-state index in [1.54, 1.807) is 0 Å². The van der Waals surface area contributed by atoms with Crippen molar-refractivity contribution in [1.82, 2.24) is 4.90 Å². The van der Waals surface area contributed by atoms with Crippen LogP contribution in [0.5, 0.6) is 11.5 Å². The van der Waals surface area contributed by atoms with Crippen LogP contribution < -0.4 is 9.47 Å². The van der Waals surface area contributed by atoms with Crippen molar-refractivity contribution in [2.24, 2.45) is 0 Å². The van der Waals surface area contributed by atoms with Gasteiger partial charge in [0.05, 0.1) is 11.5 Å². The van der Waals surface area contributed by atoms with Crippen molar-refractivity contribution in [3.8, 4) is 11.5 Å². The molecule has 24 heavy (non-hydrogen) atoms. The molecule has 0 amide bonds. The Morgan fingerprint density at radius 2 is 2.17 bits per heavy atom. The maximum atomic E-state index is 11.3. The third-order valence-corrected chi connectivity index (χ3v) is 5.75.